The van der Waals surface area contributed by atoms with Gasteiger partial charge in [-0.2, -0.15) is 0 Å². The van der Waals surface area contributed by atoms with Crippen LogP contribution < -0.4 is 10.1 Å². The van der Waals surface area contributed by atoms with Crippen molar-refractivity contribution in [1.82, 2.24) is 0 Å². The van der Waals surface area contributed by atoms with Gasteiger partial charge in [-0.15, -0.1) is 11.8 Å². The fourth-order valence-corrected chi connectivity index (χ4v) is 3.40. The molecule has 3 nitrogen and oxygen atoms in total. The Morgan fingerprint density at radius 1 is 1.04 bits per heavy atom. The number of nitrogens with one attached hydrogen (secondary N) is 1. The van der Waals surface area contributed by atoms with E-state index in [1.54, 1.807) is 30.0 Å². The van der Waals surface area contributed by atoms with Gasteiger partial charge in [0.05, 0.1) is 11.3 Å². The van der Waals surface area contributed by atoms with Crippen LogP contribution in [0.25, 0.3) is 0 Å². The van der Waals surface area contributed by atoms with Gasteiger partial charge >= 0.3 is 0 Å². The second kappa shape index (κ2) is 8.79. The molecule has 1 N–H and O–H groups in total. The molecule has 0 aliphatic carbocycles. The van der Waals surface area contributed by atoms with Crippen LogP contribution in [-0.4, -0.2) is 11.7 Å². The number of carbonyl (C=O) groups is 1. The fraction of sp³-hybridized carbons (Fsp3) is 0.0952. The summed E-state index contributed by atoms with van der Waals surface area (Å²) >= 11 is 7.75. The molecule has 0 unspecified atom stereocenters. The maximum absolute atomic E-state index is 12.8. The van der Waals surface area contributed by atoms with Crippen LogP contribution in [0.15, 0.2) is 77.7 Å². The number of rotatable bonds is 6. The van der Waals surface area contributed by atoms with Crippen molar-refractivity contribution in [3.63, 3.8) is 0 Å². The summed E-state index contributed by atoms with van der Waals surface area (Å²) in [5.74, 6) is 1.92. The molecule has 0 saturated carbocycles. The Morgan fingerprint density at radius 2 is 1.77 bits per heavy atom. The largest absolute Gasteiger partial charge is 0.455 e. The molecule has 0 radical (unpaired) electrons. The molecule has 0 atom stereocenters. The average Bonchev–Trinajstić information content (AvgIpc) is 2.65. The topological polar surface area (TPSA) is 38.3 Å². The highest BCUT2D eigenvalue weighted by molar-refractivity contribution is 7.99. The minimum Gasteiger partial charge on any atom is -0.455 e. The zero-order valence-electron chi connectivity index (χ0n) is 14.2. The first-order valence-corrected chi connectivity index (χ1v) is 9.59. The third-order valence-electron chi connectivity index (χ3n) is 3.59. The highest BCUT2D eigenvalue weighted by Gasteiger charge is 2.14. The number of para-hydroxylation sites is 1. The van der Waals surface area contributed by atoms with Gasteiger partial charge in [-0.05, 0) is 48.2 Å². The maximum Gasteiger partial charge on any atom is 0.256 e. The van der Waals surface area contributed by atoms with Crippen molar-refractivity contribution in [2.24, 2.45) is 0 Å². The van der Waals surface area contributed by atoms with Gasteiger partial charge in [0.1, 0.15) is 5.75 Å². The predicted molar refractivity (Wildman–Crippen MR) is 109 cm³/mol. The number of carbonyl (C=O) groups excluding carboxylic acids is 1. The monoisotopic (exact) mass is 383 g/mol. The summed E-state index contributed by atoms with van der Waals surface area (Å²) in [4.78, 5) is 13.7. The van der Waals surface area contributed by atoms with E-state index in [1.165, 1.54) is 0 Å². The van der Waals surface area contributed by atoms with Gasteiger partial charge in [0.25, 0.3) is 5.91 Å². The molecule has 0 bridgehead atoms. The number of ether oxygens (including phenoxy) is 1. The van der Waals surface area contributed by atoms with Gasteiger partial charge in [-0.1, -0.05) is 48.9 Å². The van der Waals surface area contributed by atoms with Gasteiger partial charge in [0.2, 0.25) is 0 Å². The molecular weight excluding hydrogens is 366 g/mol. The van der Waals surface area contributed by atoms with Crippen molar-refractivity contribution >= 4 is 35.0 Å². The van der Waals surface area contributed by atoms with Gasteiger partial charge in [0, 0.05) is 9.92 Å². The van der Waals surface area contributed by atoms with Crippen LogP contribution in [0.3, 0.4) is 0 Å². The second-order valence-electron chi connectivity index (χ2n) is 5.44. The van der Waals surface area contributed by atoms with E-state index in [9.17, 15) is 4.79 Å². The zero-order chi connectivity index (χ0) is 18.4. The summed E-state index contributed by atoms with van der Waals surface area (Å²) in [6, 6.07) is 22.1. The van der Waals surface area contributed by atoms with Crippen LogP contribution in [0, 0.1) is 0 Å². The summed E-state index contributed by atoms with van der Waals surface area (Å²) in [6.45, 7) is 2.06. The number of hydrogen-bond acceptors (Lipinski definition) is 3. The van der Waals surface area contributed by atoms with E-state index >= 15 is 0 Å². The molecule has 5 heteroatoms. The third kappa shape index (κ3) is 4.59. The van der Waals surface area contributed by atoms with Crippen molar-refractivity contribution in [1.29, 1.82) is 0 Å². The van der Waals surface area contributed by atoms with Crippen LogP contribution in [0.4, 0.5) is 5.69 Å². The normalized spacial score (nSPS) is 10.4. The molecule has 1 amide bonds. The molecule has 0 saturated heterocycles. The molecule has 0 spiro atoms. The molecule has 0 aliphatic rings. The van der Waals surface area contributed by atoms with Gasteiger partial charge in [-0.25, -0.2) is 0 Å². The first-order chi connectivity index (χ1) is 12.7. The summed E-state index contributed by atoms with van der Waals surface area (Å²) in [5.41, 5.74) is 1.16. The number of benzene rings is 3. The van der Waals surface area contributed by atoms with E-state index in [4.69, 9.17) is 16.3 Å². The first kappa shape index (κ1) is 18.4. The Balaban J connectivity index is 1.87. The van der Waals surface area contributed by atoms with E-state index in [2.05, 4.69) is 12.2 Å². The number of hydrogen-bond donors (Lipinski definition) is 1. The summed E-state index contributed by atoms with van der Waals surface area (Å²) < 4.78 is 5.90. The van der Waals surface area contributed by atoms with Crippen molar-refractivity contribution in [2.45, 2.75) is 11.8 Å². The minimum atomic E-state index is -0.193. The number of amides is 1. The highest BCUT2D eigenvalue weighted by Crippen LogP contribution is 2.33. The molecule has 0 fully saturated rings. The molecular formula is C21H18ClNO2S. The van der Waals surface area contributed by atoms with Crippen LogP contribution in [0.1, 0.15) is 17.3 Å². The van der Waals surface area contributed by atoms with Crippen molar-refractivity contribution < 1.29 is 9.53 Å². The third-order valence-corrected chi connectivity index (χ3v) is 4.78. The summed E-state index contributed by atoms with van der Waals surface area (Å²) in [5, 5.41) is 3.45. The molecule has 0 aliphatic heterocycles. The van der Waals surface area contributed by atoms with Gasteiger partial charge < -0.3 is 10.1 Å². The Labute approximate surface area is 162 Å². The summed E-state index contributed by atoms with van der Waals surface area (Å²) in [6.07, 6.45) is 0. The predicted octanol–water partition coefficient (Wildman–Crippen LogP) is 6.50. The van der Waals surface area contributed by atoms with E-state index in [1.807, 2.05) is 54.6 Å². The van der Waals surface area contributed by atoms with Crippen LogP contribution in [0.5, 0.6) is 11.5 Å². The Kier molecular flexibility index (Phi) is 6.21. The SMILES string of the molecule is CCSc1ccccc1C(=O)Nc1cc(Cl)ccc1Oc1ccccc1. The van der Waals surface area contributed by atoms with Gasteiger partial charge in [-0.3, -0.25) is 4.79 Å². The van der Waals surface area contributed by atoms with Gasteiger partial charge in [0.15, 0.2) is 5.75 Å². The van der Waals surface area contributed by atoms with Crippen LogP contribution in [-0.2, 0) is 0 Å². The lowest BCUT2D eigenvalue weighted by atomic mass is 10.2. The number of thioether (sulfide) groups is 1. The summed E-state index contributed by atoms with van der Waals surface area (Å²) in [7, 11) is 0. The Hall–Kier alpha value is -2.43. The lowest BCUT2D eigenvalue weighted by molar-refractivity contribution is 0.102. The number of halogens is 1. The minimum absolute atomic E-state index is 0.193. The lowest BCUT2D eigenvalue weighted by Crippen LogP contribution is -2.13. The molecule has 3 aromatic rings. The van der Waals surface area contributed by atoms with E-state index in [0.717, 1.165) is 10.6 Å². The molecule has 0 aromatic heterocycles. The van der Waals surface area contributed by atoms with E-state index in [0.29, 0.717) is 27.8 Å². The maximum atomic E-state index is 12.8. The van der Waals surface area contributed by atoms with Crippen molar-refractivity contribution in [3.8, 4) is 11.5 Å². The zero-order valence-corrected chi connectivity index (χ0v) is 15.8. The van der Waals surface area contributed by atoms with Crippen LogP contribution >= 0.6 is 23.4 Å². The second-order valence-corrected chi connectivity index (χ2v) is 7.18. The Bertz CT molecular complexity index is 900. The molecule has 26 heavy (non-hydrogen) atoms. The smallest absolute Gasteiger partial charge is 0.256 e. The van der Waals surface area contributed by atoms with Crippen LogP contribution in [0.2, 0.25) is 5.02 Å². The fourth-order valence-electron chi connectivity index (χ4n) is 2.43. The van der Waals surface area contributed by atoms with E-state index in [-0.39, 0.29) is 5.91 Å². The molecule has 0 heterocycles. The Morgan fingerprint density at radius 3 is 2.54 bits per heavy atom. The average molecular weight is 384 g/mol. The standard InChI is InChI=1S/C21H18ClNO2S/c1-2-26-20-11-7-6-10-17(20)21(24)23-18-14-15(22)12-13-19(18)25-16-8-4-3-5-9-16/h3-14H,2H2,1H3,(H,23,24). The molecule has 132 valence electrons. The highest BCUT2D eigenvalue weighted by atomic mass is 35.5. The first-order valence-electron chi connectivity index (χ1n) is 8.23. The lowest BCUT2D eigenvalue weighted by Gasteiger charge is -2.14. The molecule has 3 rings (SSSR count). The van der Waals surface area contributed by atoms with E-state index < -0.39 is 0 Å². The van der Waals surface area contributed by atoms with Crippen molar-refractivity contribution in [2.75, 3.05) is 11.1 Å². The molecule has 3 aromatic carbocycles. The quantitative estimate of drug-likeness (QED) is 0.494. The number of anilines is 1. The van der Waals surface area contributed by atoms with Crippen molar-refractivity contribution in [3.05, 3.63) is 83.4 Å².